The summed E-state index contributed by atoms with van der Waals surface area (Å²) in [7, 11) is 1.70. The minimum Gasteiger partial charge on any atom is -0.478 e. The average molecular weight is 486 g/mol. The highest BCUT2D eigenvalue weighted by atomic mass is 19.1. The number of rotatable bonds is 4. The molecule has 3 N–H and O–H groups in total. The largest absolute Gasteiger partial charge is 0.478 e. The monoisotopic (exact) mass is 485 g/mol. The average Bonchev–Trinajstić information content (AvgIpc) is 3.16. The maximum atomic E-state index is 14.7. The van der Waals surface area contributed by atoms with Crippen molar-refractivity contribution in [1.29, 1.82) is 5.26 Å². The minimum atomic E-state index is -1.15. The van der Waals surface area contributed by atoms with Gasteiger partial charge in [0.25, 0.3) is 0 Å². The number of carbonyl (C=O) groups excluding carboxylic acids is 1. The number of aromatic nitrogens is 1. The van der Waals surface area contributed by atoms with Gasteiger partial charge in [-0.05, 0) is 54.3 Å². The maximum absolute atomic E-state index is 14.7. The number of nitrogens with zero attached hydrogens (tertiary/aromatic N) is 4. The van der Waals surface area contributed by atoms with E-state index in [4.69, 9.17) is 16.0 Å². The van der Waals surface area contributed by atoms with Crippen LogP contribution in [-0.4, -0.2) is 48.1 Å². The van der Waals surface area contributed by atoms with E-state index >= 15 is 0 Å². The van der Waals surface area contributed by atoms with Crippen LogP contribution in [0.25, 0.3) is 22.4 Å². The second-order valence-electron chi connectivity index (χ2n) is 9.16. The van der Waals surface area contributed by atoms with Gasteiger partial charge >= 0.3 is 5.97 Å². The van der Waals surface area contributed by atoms with Gasteiger partial charge in [0.2, 0.25) is 5.91 Å². The molecule has 0 atom stereocenters. The van der Waals surface area contributed by atoms with Gasteiger partial charge in [0.05, 0.1) is 23.2 Å². The molecule has 1 saturated heterocycles. The number of nitriles is 1. The molecule has 2 aliphatic heterocycles. The number of hydrogen-bond donors (Lipinski definition) is 2. The number of benzene rings is 2. The summed E-state index contributed by atoms with van der Waals surface area (Å²) < 4.78 is 14.7. The number of aromatic carboxylic acids is 1. The summed E-state index contributed by atoms with van der Waals surface area (Å²) in [5.41, 5.74) is 9.04. The predicted octanol–water partition coefficient (Wildman–Crippen LogP) is 3.57. The normalized spacial score (nSPS) is 15.7. The molecule has 3 heterocycles. The quantitative estimate of drug-likeness (QED) is 0.579. The van der Waals surface area contributed by atoms with E-state index in [1.165, 1.54) is 12.1 Å². The number of carboxylic acid groups (broad SMARTS) is 1. The molecule has 0 radical (unpaired) electrons. The molecule has 2 aromatic carbocycles. The Balaban J connectivity index is 1.74. The van der Waals surface area contributed by atoms with Crippen molar-refractivity contribution in [2.45, 2.75) is 25.3 Å². The smallest absolute Gasteiger partial charge is 0.336 e. The Morgan fingerprint density at radius 2 is 1.89 bits per heavy atom. The first-order valence-corrected chi connectivity index (χ1v) is 11.7. The number of pyridine rings is 1. The summed E-state index contributed by atoms with van der Waals surface area (Å²) in [4.78, 5) is 33.1. The molecule has 0 aliphatic carbocycles. The van der Waals surface area contributed by atoms with Crippen LogP contribution in [0.2, 0.25) is 0 Å². The van der Waals surface area contributed by atoms with E-state index < -0.39 is 11.8 Å². The van der Waals surface area contributed by atoms with Gasteiger partial charge in [-0.3, -0.25) is 4.79 Å². The van der Waals surface area contributed by atoms with Crippen molar-refractivity contribution in [2.75, 3.05) is 29.9 Å². The lowest BCUT2D eigenvalue weighted by molar-refractivity contribution is -0.117. The molecule has 1 fully saturated rings. The summed E-state index contributed by atoms with van der Waals surface area (Å²) in [5.74, 6) is -1.44. The number of likely N-dealkylation sites (N-methyl/N-ethyl adjacent to an activating group) is 1. The Kier molecular flexibility index (Phi) is 5.90. The highest BCUT2D eigenvalue weighted by Crippen LogP contribution is 2.40. The topological polar surface area (TPSA) is 124 Å². The van der Waals surface area contributed by atoms with E-state index in [1.807, 2.05) is 11.0 Å². The second kappa shape index (κ2) is 9.06. The standard InChI is InChI=1S/C27H24FN5O3/c1-32-22-5-4-15(10-18(22)12-24(32)34)25-20(27(35)36)13-23(33-8-6-19(30)7-9-33)31-26(25)16-2-3-17(14-29)21(28)11-16/h2-5,10-11,13,19H,6-9,12,30H2,1H3,(H,35,36). The molecule has 3 aromatic rings. The second-order valence-corrected chi connectivity index (χ2v) is 9.16. The van der Waals surface area contributed by atoms with Crippen LogP contribution in [0.3, 0.4) is 0 Å². The Bertz CT molecular complexity index is 1440. The third-order valence-electron chi connectivity index (χ3n) is 6.91. The van der Waals surface area contributed by atoms with Crippen molar-refractivity contribution in [3.05, 3.63) is 65.0 Å². The van der Waals surface area contributed by atoms with Crippen molar-refractivity contribution in [3.63, 3.8) is 0 Å². The lowest BCUT2D eigenvalue weighted by Gasteiger charge is -2.32. The zero-order chi connectivity index (χ0) is 25.6. The lowest BCUT2D eigenvalue weighted by atomic mass is 9.92. The molecule has 8 nitrogen and oxygen atoms in total. The Morgan fingerprint density at radius 3 is 2.56 bits per heavy atom. The third kappa shape index (κ3) is 4.06. The van der Waals surface area contributed by atoms with Gasteiger partial charge in [-0.15, -0.1) is 0 Å². The minimum absolute atomic E-state index is 0.0206. The van der Waals surface area contributed by atoms with E-state index in [-0.39, 0.29) is 29.5 Å². The van der Waals surface area contributed by atoms with Gasteiger partial charge in [0.1, 0.15) is 17.7 Å². The molecule has 1 amide bonds. The fraction of sp³-hybridized carbons (Fsp3) is 0.259. The van der Waals surface area contributed by atoms with E-state index in [0.29, 0.717) is 41.3 Å². The van der Waals surface area contributed by atoms with Crippen molar-refractivity contribution in [3.8, 4) is 28.5 Å². The number of nitrogens with two attached hydrogens (primary N) is 1. The number of carbonyl (C=O) groups is 2. The molecule has 1 aromatic heterocycles. The summed E-state index contributed by atoms with van der Waals surface area (Å²) in [5, 5.41) is 19.4. The first-order valence-electron chi connectivity index (χ1n) is 11.7. The van der Waals surface area contributed by atoms with Crippen molar-refractivity contribution in [2.24, 2.45) is 5.73 Å². The molecule has 0 spiro atoms. The number of hydrogen-bond acceptors (Lipinski definition) is 6. The van der Waals surface area contributed by atoms with Crippen LogP contribution < -0.4 is 15.5 Å². The first kappa shape index (κ1) is 23.5. The molecule has 5 rings (SSSR count). The Hall–Kier alpha value is -4.29. The van der Waals surface area contributed by atoms with Crippen molar-refractivity contribution < 1.29 is 19.1 Å². The molecular weight excluding hydrogens is 461 g/mol. The van der Waals surface area contributed by atoms with E-state index in [9.17, 15) is 19.1 Å². The zero-order valence-corrected chi connectivity index (χ0v) is 19.7. The molecule has 2 aliphatic rings. The fourth-order valence-corrected chi connectivity index (χ4v) is 4.87. The van der Waals surface area contributed by atoms with E-state index in [2.05, 4.69) is 0 Å². The van der Waals surface area contributed by atoms with Crippen LogP contribution in [0.4, 0.5) is 15.9 Å². The van der Waals surface area contributed by atoms with Crippen LogP contribution in [0.1, 0.15) is 34.3 Å². The van der Waals surface area contributed by atoms with Crippen LogP contribution >= 0.6 is 0 Å². The van der Waals surface area contributed by atoms with Gasteiger partial charge in [-0.1, -0.05) is 12.1 Å². The maximum Gasteiger partial charge on any atom is 0.336 e. The van der Waals surface area contributed by atoms with E-state index in [0.717, 1.165) is 24.1 Å². The Labute approximate surface area is 207 Å². The lowest BCUT2D eigenvalue weighted by Crippen LogP contribution is -2.40. The highest BCUT2D eigenvalue weighted by Gasteiger charge is 2.28. The predicted molar refractivity (Wildman–Crippen MR) is 133 cm³/mol. The van der Waals surface area contributed by atoms with Gasteiger partial charge in [-0.25, -0.2) is 14.2 Å². The summed E-state index contributed by atoms with van der Waals surface area (Å²) in [6.07, 6.45) is 1.71. The molecule has 0 unspecified atom stereocenters. The molecule has 9 heteroatoms. The van der Waals surface area contributed by atoms with Crippen LogP contribution in [0.5, 0.6) is 0 Å². The molecule has 36 heavy (non-hydrogen) atoms. The van der Waals surface area contributed by atoms with Crippen molar-refractivity contribution >= 4 is 23.4 Å². The van der Waals surface area contributed by atoms with Crippen LogP contribution in [0.15, 0.2) is 42.5 Å². The number of piperidine rings is 1. The van der Waals surface area contributed by atoms with E-state index in [1.54, 1.807) is 42.3 Å². The molecule has 0 saturated carbocycles. The number of anilines is 2. The number of amides is 1. The van der Waals surface area contributed by atoms with Gasteiger partial charge in [0.15, 0.2) is 0 Å². The zero-order valence-electron chi connectivity index (χ0n) is 19.7. The third-order valence-corrected chi connectivity index (χ3v) is 6.91. The Morgan fingerprint density at radius 1 is 1.17 bits per heavy atom. The highest BCUT2D eigenvalue weighted by molar-refractivity contribution is 6.04. The SMILES string of the molecule is CN1C(=O)Cc2cc(-c3c(C(=O)O)cc(N4CCC(N)CC4)nc3-c3ccc(C#N)c(F)c3)ccc21. The summed E-state index contributed by atoms with van der Waals surface area (Å²) in [6.45, 7) is 1.25. The van der Waals surface area contributed by atoms with Gasteiger partial charge in [-0.2, -0.15) is 5.26 Å². The molecule has 0 bridgehead atoms. The summed E-state index contributed by atoms with van der Waals surface area (Å²) >= 11 is 0. The van der Waals surface area contributed by atoms with Crippen LogP contribution in [-0.2, 0) is 11.2 Å². The molecule has 182 valence electrons. The van der Waals surface area contributed by atoms with Crippen molar-refractivity contribution in [1.82, 2.24) is 4.98 Å². The number of halogens is 1. The number of carboxylic acids is 1. The number of fused-ring (bicyclic) bond motifs is 1. The first-order chi connectivity index (χ1) is 17.3. The molecular formula is C27H24FN5O3. The summed E-state index contributed by atoms with van der Waals surface area (Å²) in [6, 6.07) is 12.9. The van der Waals surface area contributed by atoms with Gasteiger partial charge in [0, 0.05) is 43.0 Å². The van der Waals surface area contributed by atoms with Gasteiger partial charge < -0.3 is 20.6 Å². The fourth-order valence-electron chi connectivity index (χ4n) is 4.87. The van der Waals surface area contributed by atoms with Crippen LogP contribution in [0, 0.1) is 17.1 Å².